The molecule has 0 amide bonds. The summed E-state index contributed by atoms with van der Waals surface area (Å²) in [6.07, 6.45) is 10.3. The molecule has 1 aliphatic carbocycles. The molecule has 1 saturated carbocycles. The highest BCUT2D eigenvalue weighted by atomic mass is 15.2. The lowest BCUT2D eigenvalue weighted by molar-refractivity contribution is 0.110. The zero-order chi connectivity index (χ0) is 10.1. The highest BCUT2D eigenvalue weighted by molar-refractivity contribution is 4.96. The van der Waals surface area contributed by atoms with Gasteiger partial charge in [-0.1, -0.05) is 19.3 Å². The normalized spacial score (nSPS) is 39.2. The van der Waals surface area contributed by atoms with Crippen molar-refractivity contribution in [2.24, 2.45) is 5.92 Å². The Hall–Kier alpha value is -0.0800. The van der Waals surface area contributed by atoms with Crippen LogP contribution in [-0.2, 0) is 0 Å². The summed E-state index contributed by atoms with van der Waals surface area (Å²) >= 11 is 0. The third-order valence-electron chi connectivity index (χ3n) is 4.77. The summed E-state index contributed by atoms with van der Waals surface area (Å²) < 4.78 is 0. The number of piperazine rings is 1. The maximum atomic E-state index is 3.82. The first-order valence-electron chi connectivity index (χ1n) is 6.92. The van der Waals surface area contributed by atoms with E-state index in [1.165, 1.54) is 64.6 Å². The Balaban J connectivity index is 1.67. The van der Waals surface area contributed by atoms with E-state index in [1.807, 2.05) is 0 Å². The van der Waals surface area contributed by atoms with Crippen molar-refractivity contribution < 1.29 is 0 Å². The predicted octanol–water partition coefficient (Wildman–Crippen LogP) is 2.00. The van der Waals surface area contributed by atoms with Gasteiger partial charge in [0.25, 0.3) is 0 Å². The lowest BCUT2D eigenvalue weighted by atomic mass is 9.80. The van der Waals surface area contributed by atoms with Crippen molar-refractivity contribution in [1.29, 1.82) is 0 Å². The van der Waals surface area contributed by atoms with Gasteiger partial charge in [0, 0.05) is 25.2 Å². The van der Waals surface area contributed by atoms with Crippen molar-refractivity contribution in [2.45, 2.75) is 57.0 Å². The van der Waals surface area contributed by atoms with E-state index in [-0.39, 0.29) is 0 Å². The fourth-order valence-corrected chi connectivity index (χ4v) is 4.02. The second kappa shape index (κ2) is 4.42. The van der Waals surface area contributed by atoms with Crippen LogP contribution in [0.1, 0.15) is 44.9 Å². The second-order valence-electron chi connectivity index (χ2n) is 5.62. The molecular weight excluding hydrogens is 184 g/mol. The van der Waals surface area contributed by atoms with E-state index in [2.05, 4.69) is 10.2 Å². The average Bonchev–Trinajstić information content (AvgIpc) is 2.78. The van der Waals surface area contributed by atoms with Gasteiger partial charge in [-0.15, -0.1) is 0 Å². The quantitative estimate of drug-likeness (QED) is 0.709. The highest BCUT2D eigenvalue weighted by Crippen LogP contribution is 2.33. The van der Waals surface area contributed by atoms with Crippen LogP contribution in [0.3, 0.4) is 0 Å². The Labute approximate surface area is 93.4 Å². The van der Waals surface area contributed by atoms with Gasteiger partial charge in [0.15, 0.2) is 0 Å². The number of hydrogen-bond donors (Lipinski definition) is 1. The zero-order valence-corrected chi connectivity index (χ0v) is 9.75. The molecule has 0 bridgehead atoms. The lowest BCUT2D eigenvalue weighted by Crippen LogP contribution is -2.58. The summed E-state index contributed by atoms with van der Waals surface area (Å²) in [5.41, 5.74) is 0. The van der Waals surface area contributed by atoms with Crippen molar-refractivity contribution in [1.82, 2.24) is 10.2 Å². The van der Waals surface area contributed by atoms with E-state index in [9.17, 15) is 0 Å². The minimum atomic E-state index is 0.835. The monoisotopic (exact) mass is 208 g/mol. The lowest BCUT2D eigenvalue weighted by Gasteiger charge is -2.43. The Morgan fingerprint density at radius 3 is 2.60 bits per heavy atom. The maximum Gasteiger partial charge on any atom is 0.0253 e. The van der Waals surface area contributed by atoms with Gasteiger partial charge >= 0.3 is 0 Å². The summed E-state index contributed by atoms with van der Waals surface area (Å²) in [7, 11) is 0. The van der Waals surface area contributed by atoms with E-state index in [0.29, 0.717) is 0 Å². The Kier molecular flexibility index (Phi) is 2.98. The molecule has 2 heteroatoms. The van der Waals surface area contributed by atoms with Gasteiger partial charge in [-0.05, 0) is 38.1 Å². The van der Waals surface area contributed by atoms with Crippen molar-refractivity contribution in [3.05, 3.63) is 0 Å². The van der Waals surface area contributed by atoms with Crippen LogP contribution in [0, 0.1) is 5.92 Å². The van der Waals surface area contributed by atoms with Crippen LogP contribution in [0.5, 0.6) is 0 Å². The highest BCUT2D eigenvalue weighted by Gasteiger charge is 2.38. The summed E-state index contributed by atoms with van der Waals surface area (Å²) in [6, 6.07) is 1.73. The fraction of sp³-hybridized carbons (Fsp3) is 1.00. The summed E-state index contributed by atoms with van der Waals surface area (Å²) in [4.78, 5) is 2.75. The van der Waals surface area contributed by atoms with E-state index in [0.717, 1.165) is 18.0 Å². The van der Waals surface area contributed by atoms with E-state index in [4.69, 9.17) is 0 Å². The van der Waals surface area contributed by atoms with Crippen LogP contribution in [-0.4, -0.2) is 36.6 Å². The van der Waals surface area contributed by atoms with Crippen LogP contribution in [0.25, 0.3) is 0 Å². The Morgan fingerprint density at radius 1 is 0.867 bits per heavy atom. The molecule has 86 valence electrons. The molecule has 1 N–H and O–H groups in total. The van der Waals surface area contributed by atoms with Crippen LogP contribution in [0.4, 0.5) is 0 Å². The number of rotatable bonds is 1. The van der Waals surface area contributed by atoms with Crippen LogP contribution >= 0.6 is 0 Å². The number of nitrogens with one attached hydrogen (secondary N) is 1. The van der Waals surface area contributed by atoms with Crippen molar-refractivity contribution in [2.75, 3.05) is 19.6 Å². The van der Waals surface area contributed by atoms with Crippen molar-refractivity contribution >= 4 is 0 Å². The molecule has 0 aromatic heterocycles. The molecule has 2 atom stereocenters. The largest absolute Gasteiger partial charge is 0.311 e. The number of fused-ring (bicyclic) bond motifs is 1. The van der Waals surface area contributed by atoms with Gasteiger partial charge in [-0.3, -0.25) is 4.90 Å². The second-order valence-corrected chi connectivity index (χ2v) is 5.62. The van der Waals surface area contributed by atoms with Crippen LogP contribution in [0.15, 0.2) is 0 Å². The van der Waals surface area contributed by atoms with Gasteiger partial charge in [0.2, 0.25) is 0 Å². The summed E-state index contributed by atoms with van der Waals surface area (Å²) in [5, 5.41) is 3.82. The van der Waals surface area contributed by atoms with Crippen LogP contribution in [0.2, 0.25) is 0 Å². The fourth-order valence-electron chi connectivity index (χ4n) is 4.02. The molecule has 3 aliphatic rings. The van der Waals surface area contributed by atoms with Gasteiger partial charge < -0.3 is 5.32 Å². The minimum Gasteiger partial charge on any atom is -0.311 e. The Bertz CT molecular complexity index is 211. The maximum absolute atomic E-state index is 3.82. The number of hydrogen-bond acceptors (Lipinski definition) is 2. The molecule has 0 aromatic rings. The zero-order valence-electron chi connectivity index (χ0n) is 9.75. The standard InChI is InChI=1S/C13H24N2/c1-2-5-11(6-3-1)13-12-7-4-9-15(12)10-8-14-13/h11-14H,1-10H2/t12-,13-/m1/s1. The molecule has 3 fully saturated rings. The van der Waals surface area contributed by atoms with Crippen molar-refractivity contribution in [3.8, 4) is 0 Å². The van der Waals surface area contributed by atoms with E-state index in [1.54, 1.807) is 0 Å². The molecule has 2 saturated heterocycles. The molecule has 0 unspecified atom stereocenters. The first kappa shape index (κ1) is 10.1. The molecule has 2 nitrogen and oxygen atoms in total. The topological polar surface area (TPSA) is 15.3 Å². The average molecular weight is 208 g/mol. The predicted molar refractivity (Wildman–Crippen MR) is 63.0 cm³/mol. The molecule has 0 radical (unpaired) electrons. The molecular formula is C13H24N2. The van der Waals surface area contributed by atoms with Gasteiger partial charge in [0.1, 0.15) is 0 Å². The smallest absolute Gasteiger partial charge is 0.0253 e. The minimum absolute atomic E-state index is 0.835. The van der Waals surface area contributed by atoms with Gasteiger partial charge in [-0.2, -0.15) is 0 Å². The first-order valence-corrected chi connectivity index (χ1v) is 6.92. The molecule has 2 aliphatic heterocycles. The summed E-state index contributed by atoms with van der Waals surface area (Å²) in [6.45, 7) is 3.90. The Morgan fingerprint density at radius 2 is 1.73 bits per heavy atom. The van der Waals surface area contributed by atoms with Gasteiger partial charge in [0.05, 0.1) is 0 Å². The van der Waals surface area contributed by atoms with E-state index < -0.39 is 0 Å². The number of nitrogens with zero attached hydrogens (tertiary/aromatic N) is 1. The SMILES string of the molecule is C1CCC([C@H]2NCCN3CCC[C@H]23)CC1. The van der Waals surface area contributed by atoms with E-state index >= 15 is 0 Å². The van der Waals surface area contributed by atoms with Crippen LogP contribution < -0.4 is 5.32 Å². The summed E-state index contributed by atoms with van der Waals surface area (Å²) in [5.74, 6) is 0.990. The molecule has 0 spiro atoms. The first-order chi connectivity index (χ1) is 7.45. The third-order valence-corrected chi connectivity index (χ3v) is 4.77. The van der Waals surface area contributed by atoms with Crippen molar-refractivity contribution in [3.63, 3.8) is 0 Å². The molecule has 3 rings (SSSR count). The molecule has 15 heavy (non-hydrogen) atoms. The van der Waals surface area contributed by atoms with Gasteiger partial charge in [-0.25, -0.2) is 0 Å². The third kappa shape index (κ3) is 1.94. The molecule has 0 aromatic carbocycles. The molecule has 2 heterocycles.